The number of benzene rings is 2. The monoisotopic (exact) mass is 284 g/mol. The second kappa shape index (κ2) is 6.93. The second-order valence-electron chi connectivity index (χ2n) is 5.36. The Balaban J connectivity index is 2.07. The average Bonchev–Trinajstić information content (AvgIpc) is 2.48. The number of carboxylic acid groups (broad SMARTS) is 1. The van der Waals surface area contributed by atoms with E-state index >= 15 is 0 Å². The summed E-state index contributed by atoms with van der Waals surface area (Å²) >= 11 is 0. The molecule has 0 aliphatic rings. The molecule has 21 heavy (non-hydrogen) atoms. The quantitative estimate of drug-likeness (QED) is 0.875. The van der Waals surface area contributed by atoms with E-state index in [0.717, 1.165) is 5.56 Å². The van der Waals surface area contributed by atoms with Crippen molar-refractivity contribution in [2.24, 2.45) is 0 Å². The number of hydrogen-bond donors (Lipinski definition) is 1. The van der Waals surface area contributed by atoms with Crippen molar-refractivity contribution in [3.63, 3.8) is 0 Å². The fourth-order valence-corrected chi connectivity index (χ4v) is 2.10. The highest BCUT2D eigenvalue weighted by molar-refractivity contribution is 5.73. The molecule has 1 N–H and O–H groups in total. The van der Waals surface area contributed by atoms with Gasteiger partial charge in [0.2, 0.25) is 0 Å². The van der Waals surface area contributed by atoms with Gasteiger partial charge in [-0.2, -0.15) is 0 Å². The summed E-state index contributed by atoms with van der Waals surface area (Å²) in [6.07, 6.45) is -0.528. The van der Waals surface area contributed by atoms with Crippen molar-refractivity contribution in [2.75, 3.05) is 0 Å². The van der Waals surface area contributed by atoms with Gasteiger partial charge in [0, 0.05) is 6.42 Å². The number of carboxylic acids is 1. The summed E-state index contributed by atoms with van der Waals surface area (Å²) in [5.41, 5.74) is 2.15. The smallest absolute Gasteiger partial charge is 0.345 e. The van der Waals surface area contributed by atoms with Gasteiger partial charge in [-0.25, -0.2) is 4.79 Å². The fraction of sp³-hybridized carbons (Fsp3) is 0.278. The van der Waals surface area contributed by atoms with E-state index in [-0.39, 0.29) is 0 Å². The lowest BCUT2D eigenvalue weighted by atomic mass is 10.0. The van der Waals surface area contributed by atoms with Crippen LogP contribution in [0.3, 0.4) is 0 Å². The highest BCUT2D eigenvalue weighted by Crippen LogP contribution is 2.20. The Morgan fingerprint density at radius 1 is 1.05 bits per heavy atom. The van der Waals surface area contributed by atoms with Crippen LogP contribution in [-0.2, 0) is 11.2 Å². The summed E-state index contributed by atoms with van der Waals surface area (Å²) < 4.78 is 5.62. The molecule has 0 unspecified atom stereocenters. The molecule has 0 fully saturated rings. The lowest BCUT2D eigenvalue weighted by Crippen LogP contribution is -2.29. The Bertz CT molecular complexity index is 573. The number of ether oxygens (including phenoxy) is 1. The van der Waals surface area contributed by atoms with Gasteiger partial charge < -0.3 is 9.84 Å². The topological polar surface area (TPSA) is 46.5 Å². The molecule has 2 rings (SSSR count). The Kier molecular flexibility index (Phi) is 4.99. The van der Waals surface area contributed by atoms with Crippen molar-refractivity contribution in [2.45, 2.75) is 32.3 Å². The van der Waals surface area contributed by atoms with Crippen LogP contribution in [0.2, 0.25) is 0 Å². The predicted molar refractivity (Wildman–Crippen MR) is 82.7 cm³/mol. The minimum Gasteiger partial charge on any atom is -0.478 e. The van der Waals surface area contributed by atoms with Crippen molar-refractivity contribution in [3.05, 3.63) is 65.7 Å². The van der Waals surface area contributed by atoms with Gasteiger partial charge in [-0.05, 0) is 29.2 Å². The number of rotatable bonds is 6. The molecule has 0 radical (unpaired) electrons. The molecule has 2 aromatic rings. The lowest BCUT2D eigenvalue weighted by molar-refractivity contribution is -0.145. The van der Waals surface area contributed by atoms with E-state index in [4.69, 9.17) is 4.74 Å². The zero-order chi connectivity index (χ0) is 15.2. The molecule has 0 aromatic heterocycles. The molecule has 0 bridgehead atoms. The van der Waals surface area contributed by atoms with E-state index in [1.807, 2.05) is 54.6 Å². The Hall–Kier alpha value is -2.29. The molecule has 1 atom stereocenters. The van der Waals surface area contributed by atoms with Crippen LogP contribution in [0.5, 0.6) is 5.75 Å². The largest absolute Gasteiger partial charge is 0.478 e. The highest BCUT2D eigenvalue weighted by atomic mass is 16.5. The zero-order valence-corrected chi connectivity index (χ0v) is 12.3. The first-order chi connectivity index (χ1) is 10.1. The van der Waals surface area contributed by atoms with Crippen molar-refractivity contribution >= 4 is 5.97 Å². The molecule has 110 valence electrons. The standard InChI is InChI=1S/C18H20O3/c1-13(2)15-8-10-16(11-9-15)21-17(18(19)20)12-14-6-4-3-5-7-14/h3-11,13,17H,12H2,1-2H3,(H,19,20)/t17-/m1/s1. The Labute approximate surface area is 125 Å². The van der Waals surface area contributed by atoms with Crippen LogP contribution in [0.15, 0.2) is 54.6 Å². The van der Waals surface area contributed by atoms with Gasteiger partial charge in [0.15, 0.2) is 6.10 Å². The third-order valence-corrected chi connectivity index (χ3v) is 3.36. The van der Waals surface area contributed by atoms with E-state index in [9.17, 15) is 9.90 Å². The first kappa shape index (κ1) is 15.1. The van der Waals surface area contributed by atoms with Gasteiger partial charge >= 0.3 is 5.97 Å². The first-order valence-corrected chi connectivity index (χ1v) is 7.09. The molecule has 3 nitrogen and oxygen atoms in total. The van der Waals surface area contributed by atoms with E-state index in [0.29, 0.717) is 18.1 Å². The van der Waals surface area contributed by atoms with Crippen molar-refractivity contribution in [1.29, 1.82) is 0 Å². The Morgan fingerprint density at radius 2 is 1.67 bits per heavy atom. The van der Waals surface area contributed by atoms with Crippen molar-refractivity contribution < 1.29 is 14.6 Å². The van der Waals surface area contributed by atoms with Gasteiger partial charge in [-0.15, -0.1) is 0 Å². The summed E-state index contributed by atoms with van der Waals surface area (Å²) in [4.78, 5) is 11.4. The third kappa shape index (κ3) is 4.35. The number of aliphatic carboxylic acids is 1. The molecule has 0 aliphatic carbocycles. The molecule has 0 heterocycles. The maximum atomic E-state index is 11.4. The summed E-state index contributed by atoms with van der Waals surface area (Å²) in [7, 11) is 0. The third-order valence-electron chi connectivity index (χ3n) is 3.36. The van der Waals surface area contributed by atoms with Crippen LogP contribution in [0.4, 0.5) is 0 Å². The zero-order valence-electron chi connectivity index (χ0n) is 12.3. The number of hydrogen-bond acceptors (Lipinski definition) is 2. The van der Waals surface area contributed by atoms with Crippen LogP contribution >= 0.6 is 0 Å². The maximum Gasteiger partial charge on any atom is 0.345 e. The van der Waals surface area contributed by atoms with E-state index < -0.39 is 12.1 Å². The molecule has 0 amide bonds. The van der Waals surface area contributed by atoms with Crippen LogP contribution in [0.1, 0.15) is 30.9 Å². The van der Waals surface area contributed by atoms with Crippen LogP contribution in [-0.4, -0.2) is 17.2 Å². The van der Waals surface area contributed by atoms with Crippen LogP contribution in [0.25, 0.3) is 0 Å². The van der Waals surface area contributed by atoms with Gasteiger partial charge in [-0.1, -0.05) is 56.3 Å². The molecule has 0 saturated heterocycles. The highest BCUT2D eigenvalue weighted by Gasteiger charge is 2.20. The van der Waals surface area contributed by atoms with E-state index in [1.165, 1.54) is 5.56 Å². The second-order valence-corrected chi connectivity index (χ2v) is 5.36. The van der Waals surface area contributed by atoms with E-state index in [1.54, 1.807) is 0 Å². The molecule has 0 spiro atoms. The minimum absolute atomic E-state index is 0.349. The summed E-state index contributed by atoms with van der Waals surface area (Å²) in [5, 5.41) is 9.31. The predicted octanol–water partition coefficient (Wildman–Crippen LogP) is 3.88. The van der Waals surface area contributed by atoms with E-state index in [2.05, 4.69) is 13.8 Å². The SMILES string of the molecule is CC(C)c1ccc(O[C@H](Cc2ccccc2)C(=O)O)cc1. The molecular formula is C18H20O3. The van der Waals surface area contributed by atoms with Gasteiger partial charge in [0.25, 0.3) is 0 Å². The van der Waals surface area contributed by atoms with Crippen LogP contribution in [0, 0.1) is 0 Å². The normalized spacial score (nSPS) is 12.1. The van der Waals surface area contributed by atoms with Crippen LogP contribution < -0.4 is 4.74 Å². The molecular weight excluding hydrogens is 264 g/mol. The minimum atomic E-state index is -0.952. The van der Waals surface area contributed by atoms with Gasteiger partial charge in [0.05, 0.1) is 0 Å². The summed E-state index contributed by atoms with van der Waals surface area (Å²) in [6.45, 7) is 4.23. The maximum absolute atomic E-state index is 11.4. The fourth-order valence-electron chi connectivity index (χ4n) is 2.10. The van der Waals surface area contributed by atoms with Gasteiger partial charge in [0.1, 0.15) is 5.75 Å². The van der Waals surface area contributed by atoms with Crippen molar-refractivity contribution in [3.8, 4) is 5.75 Å². The van der Waals surface area contributed by atoms with Gasteiger partial charge in [-0.3, -0.25) is 0 Å². The molecule has 3 heteroatoms. The Morgan fingerprint density at radius 3 is 2.19 bits per heavy atom. The summed E-state index contributed by atoms with van der Waals surface area (Å²) in [6, 6.07) is 17.1. The molecule has 0 aliphatic heterocycles. The molecule has 2 aromatic carbocycles. The average molecular weight is 284 g/mol. The summed E-state index contributed by atoms with van der Waals surface area (Å²) in [5.74, 6) is 0.0770. The molecule has 0 saturated carbocycles. The van der Waals surface area contributed by atoms with Crippen molar-refractivity contribution in [1.82, 2.24) is 0 Å². The first-order valence-electron chi connectivity index (χ1n) is 7.09. The number of carbonyl (C=O) groups is 1. The lowest BCUT2D eigenvalue weighted by Gasteiger charge is -2.16.